The Balaban J connectivity index is 2.00. The van der Waals surface area contributed by atoms with Gasteiger partial charge in [0.1, 0.15) is 0 Å². The third kappa shape index (κ3) is 4.31. The Kier molecular flexibility index (Phi) is 5.08. The SMILES string of the molecule is CCOc1ccc(C(=O)Nc2ccc(NC(C)=O)cc2)cn1. The summed E-state index contributed by atoms with van der Waals surface area (Å²) >= 11 is 0. The maximum absolute atomic E-state index is 12.1. The van der Waals surface area contributed by atoms with E-state index < -0.39 is 0 Å². The number of ether oxygens (including phenoxy) is 1. The van der Waals surface area contributed by atoms with E-state index in [0.29, 0.717) is 29.4 Å². The summed E-state index contributed by atoms with van der Waals surface area (Å²) in [5.74, 6) is 0.0822. The highest BCUT2D eigenvalue weighted by Crippen LogP contribution is 2.15. The third-order valence-corrected chi connectivity index (χ3v) is 2.75. The maximum Gasteiger partial charge on any atom is 0.257 e. The zero-order valence-electron chi connectivity index (χ0n) is 12.4. The lowest BCUT2D eigenvalue weighted by Crippen LogP contribution is -2.12. The van der Waals surface area contributed by atoms with E-state index in [9.17, 15) is 9.59 Å². The smallest absolute Gasteiger partial charge is 0.257 e. The first-order chi connectivity index (χ1) is 10.6. The van der Waals surface area contributed by atoms with E-state index in [1.807, 2.05) is 6.92 Å². The summed E-state index contributed by atoms with van der Waals surface area (Å²) in [7, 11) is 0. The van der Waals surface area contributed by atoms with E-state index in [0.717, 1.165) is 0 Å². The van der Waals surface area contributed by atoms with Gasteiger partial charge < -0.3 is 15.4 Å². The molecule has 0 aliphatic rings. The molecule has 0 bridgehead atoms. The number of rotatable bonds is 5. The molecule has 0 radical (unpaired) electrons. The van der Waals surface area contributed by atoms with Crippen molar-refractivity contribution in [2.24, 2.45) is 0 Å². The molecule has 22 heavy (non-hydrogen) atoms. The molecule has 0 spiro atoms. The van der Waals surface area contributed by atoms with Crippen molar-refractivity contribution < 1.29 is 14.3 Å². The molecule has 1 aromatic carbocycles. The molecule has 0 saturated heterocycles. The molecule has 0 fully saturated rings. The second kappa shape index (κ2) is 7.21. The molecule has 2 aromatic rings. The molecule has 2 amide bonds. The summed E-state index contributed by atoms with van der Waals surface area (Å²) in [5, 5.41) is 5.42. The Bertz CT molecular complexity index is 651. The molecule has 0 aliphatic carbocycles. The van der Waals surface area contributed by atoms with Crippen LogP contribution in [0.2, 0.25) is 0 Å². The highest BCUT2D eigenvalue weighted by Gasteiger charge is 2.07. The van der Waals surface area contributed by atoms with Crippen LogP contribution in [0.1, 0.15) is 24.2 Å². The predicted octanol–water partition coefficient (Wildman–Crippen LogP) is 2.69. The molecule has 114 valence electrons. The highest BCUT2D eigenvalue weighted by molar-refractivity contribution is 6.04. The zero-order chi connectivity index (χ0) is 15.9. The summed E-state index contributed by atoms with van der Waals surface area (Å²) in [6.45, 7) is 3.83. The lowest BCUT2D eigenvalue weighted by atomic mass is 10.2. The van der Waals surface area contributed by atoms with Gasteiger partial charge in [-0.3, -0.25) is 9.59 Å². The number of amides is 2. The van der Waals surface area contributed by atoms with Crippen molar-refractivity contribution in [2.45, 2.75) is 13.8 Å². The van der Waals surface area contributed by atoms with Gasteiger partial charge in [0.25, 0.3) is 5.91 Å². The van der Waals surface area contributed by atoms with Crippen LogP contribution in [0, 0.1) is 0 Å². The summed E-state index contributed by atoms with van der Waals surface area (Å²) < 4.78 is 5.23. The molecule has 1 aromatic heterocycles. The Hall–Kier alpha value is -2.89. The van der Waals surface area contributed by atoms with Crippen LogP contribution in [0.3, 0.4) is 0 Å². The van der Waals surface area contributed by atoms with Gasteiger partial charge in [0, 0.05) is 30.6 Å². The van der Waals surface area contributed by atoms with Gasteiger partial charge in [-0.05, 0) is 37.3 Å². The lowest BCUT2D eigenvalue weighted by molar-refractivity contribution is -0.114. The Morgan fingerprint density at radius 1 is 1.05 bits per heavy atom. The topological polar surface area (TPSA) is 80.3 Å². The first-order valence-electron chi connectivity index (χ1n) is 6.86. The monoisotopic (exact) mass is 299 g/mol. The number of benzene rings is 1. The van der Waals surface area contributed by atoms with Gasteiger partial charge in [-0.1, -0.05) is 0 Å². The van der Waals surface area contributed by atoms with Crippen LogP contribution in [0.25, 0.3) is 0 Å². The number of nitrogens with zero attached hydrogens (tertiary/aromatic N) is 1. The fraction of sp³-hybridized carbons (Fsp3) is 0.188. The fourth-order valence-electron chi connectivity index (χ4n) is 1.79. The number of nitrogens with one attached hydrogen (secondary N) is 2. The van der Waals surface area contributed by atoms with Crippen LogP contribution < -0.4 is 15.4 Å². The van der Waals surface area contributed by atoms with Gasteiger partial charge in [-0.15, -0.1) is 0 Å². The lowest BCUT2D eigenvalue weighted by Gasteiger charge is -2.07. The summed E-state index contributed by atoms with van der Waals surface area (Å²) in [4.78, 5) is 27.1. The Morgan fingerprint density at radius 2 is 1.68 bits per heavy atom. The highest BCUT2D eigenvalue weighted by atomic mass is 16.5. The van der Waals surface area contributed by atoms with Gasteiger partial charge in [-0.2, -0.15) is 0 Å². The molecule has 2 rings (SSSR count). The first-order valence-corrected chi connectivity index (χ1v) is 6.86. The minimum Gasteiger partial charge on any atom is -0.478 e. The normalized spacial score (nSPS) is 9.91. The largest absolute Gasteiger partial charge is 0.478 e. The summed E-state index contributed by atoms with van der Waals surface area (Å²) in [6, 6.07) is 10.2. The molecule has 0 unspecified atom stereocenters. The molecule has 6 nitrogen and oxygen atoms in total. The standard InChI is InChI=1S/C16H17N3O3/c1-3-22-15-9-4-12(10-17-15)16(21)19-14-7-5-13(6-8-14)18-11(2)20/h4-10H,3H2,1-2H3,(H,18,20)(H,19,21). The van der Waals surface area contributed by atoms with E-state index in [4.69, 9.17) is 4.74 Å². The van der Waals surface area contributed by atoms with E-state index in [2.05, 4.69) is 15.6 Å². The molecule has 2 N–H and O–H groups in total. The van der Waals surface area contributed by atoms with E-state index in [1.54, 1.807) is 36.4 Å². The number of hydrogen-bond acceptors (Lipinski definition) is 4. The number of hydrogen-bond donors (Lipinski definition) is 2. The number of anilines is 2. The Morgan fingerprint density at radius 3 is 2.18 bits per heavy atom. The van der Waals surface area contributed by atoms with Gasteiger partial charge in [0.15, 0.2) is 0 Å². The second-order valence-corrected chi connectivity index (χ2v) is 4.53. The molecule has 0 saturated carbocycles. The first kappa shape index (κ1) is 15.5. The molecule has 0 atom stereocenters. The van der Waals surface area contributed by atoms with E-state index in [1.165, 1.54) is 13.1 Å². The average Bonchev–Trinajstić information content (AvgIpc) is 2.50. The summed E-state index contributed by atoms with van der Waals surface area (Å²) in [6.07, 6.45) is 1.46. The fourth-order valence-corrected chi connectivity index (χ4v) is 1.79. The number of aromatic nitrogens is 1. The van der Waals surface area contributed by atoms with E-state index in [-0.39, 0.29) is 11.8 Å². The van der Waals surface area contributed by atoms with Gasteiger partial charge in [0.2, 0.25) is 11.8 Å². The van der Waals surface area contributed by atoms with Crippen LogP contribution >= 0.6 is 0 Å². The third-order valence-electron chi connectivity index (χ3n) is 2.75. The predicted molar refractivity (Wildman–Crippen MR) is 84.1 cm³/mol. The van der Waals surface area contributed by atoms with Crippen LogP contribution in [-0.2, 0) is 4.79 Å². The van der Waals surface area contributed by atoms with Crippen LogP contribution in [0.15, 0.2) is 42.6 Å². The van der Waals surface area contributed by atoms with Crippen LogP contribution in [0.4, 0.5) is 11.4 Å². The van der Waals surface area contributed by atoms with Gasteiger partial charge in [-0.25, -0.2) is 4.98 Å². The van der Waals surface area contributed by atoms with Gasteiger partial charge in [0.05, 0.1) is 12.2 Å². The van der Waals surface area contributed by atoms with Crippen molar-refractivity contribution in [3.8, 4) is 5.88 Å². The minimum absolute atomic E-state index is 0.141. The average molecular weight is 299 g/mol. The van der Waals surface area contributed by atoms with Crippen molar-refractivity contribution in [2.75, 3.05) is 17.2 Å². The minimum atomic E-state index is -0.261. The van der Waals surface area contributed by atoms with Crippen molar-refractivity contribution in [3.05, 3.63) is 48.2 Å². The van der Waals surface area contributed by atoms with Crippen molar-refractivity contribution in [1.29, 1.82) is 0 Å². The molecule has 0 aliphatic heterocycles. The number of carbonyl (C=O) groups is 2. The molecule has 1 heterocycles. The second-order valence-electron chi connectivity index (χ2n) is 4.53. The number of pyridine rings is 1. The summed E-state index contributed by atoms with van der Waals surface area (Å²) in [5.41, 5.74) is 1.75. The maximum atomic E-state index is 12.1. The van der Waals surface area contributed by atoms with Crippen LogP contribution in [-0.4, -0.2) is 23.4 Å². The van der Waals surface area contributed by atoms with Crippen LogP contribution in [0.5, 0.6) is 5.88 Å². The van der Waals surface area contributed by atoms with Crippen molar-refractivity contribution >= 4 is 23.2 Å². The number of carbonyl (C=O) groups excluding carboxylic acids is 2. The molecular formula is C16H17N3O3. The van der Waals surface area contributed by atoms with Crippen molar-refractivity contribution in [3.63, 3.8) is 0 Å². The van der Waals surface area contributed by atoms with Gasteiger partial charge >= 0.3 is 0 Å². The Labute approximate surface area is 128 Å². The quantitative estimate of drug-likeness (QED) is 0.889. The molecular weight excluding hydrogens is 282 g/mol. The zero-order valence-corrected chi connectivity index (χ0v) is 12.4. The van der Waals surface area contributed by atoms with E-state index >= 15 is 0 Å². The van der Waals surface area contributed by atoms with Crippen molar-refractivity contribution in [1.82, 2.24) is 4.98 Å². The molecule has 6 heteroatoms.